The first kappa shape index (κ1) is 12.2. The second-order valence-corrected chi connectivity index (χ2v) is 5.46. The van der Waals surface area contributed by atoms with Gasteiger partial charge in [-0.25, -0.2) is 9.50 Å². The lowest BCUT2D eigenvalue weighted by Gasteiger charge is -2.22. The van der Waals surface area contributed by atoms with Gasteiger partial charge < -0.3 is 0 Å². The van der Waals surface area contributed by atoms with E-state index in [-0.39, 0.29) is 0 Å². The van der Waals surface area contributed by atoms with Gasteiger partial charge in [0, 0.05) is 29.9 Å². The van der Waals surface area contributed by atoms with Crippen molar-refractivity contribution in [2.24, 2.45) is 0 Å². The molecule has 102 valence electrons. The summed E-state index contributed by atoms with van der Waals surface area (Å²) in [5, 5.41) is 4.64. The minimum atomic E-state index is 0.630. The monoisotopic (exact) mass is 273 g/mol. The number of fused-ring (bicyclic) bond motifs is 1. The molecule has 0 spiro atoms. The molecule has 3 heteroatoms. The molecule has 1 saturated carbocycles. The summed E-state index contributed by atoms with van der Waals surface area (Å²) in [6.45, 7) is 0. The van der Waals surface area contributed by atoms with Gasteiger partial charge in [-0.3, -0.25) is 0 Å². The van der Waals surface area contributed by atoms with Crippen molar-refractivity contribution in [1.82, 2.24) is 14.6 Å². The highest BCUT2D eigenvalue weighted by Crippen LogP contribution is 2.35. The van der Waals surface area contributed by atoms with Crippen molar-refractivity contribution < 1.29 is 0 Å². The number of hydrogen-bond acceptors (Lipinski definition) is 2. The molecule has 0 N–H and O–H groups in total. The molecule has 1 aromatic carbocycles. The second kappa shape index (κ2) is 5.06. The van der Waals surface area contributed by atoms with Gasteiger partial charge in [-0.15, -0.1) is 0 Å². The average molecular weight is 273 g/mol. The molecule has 0 aliphatic heterocycles. The second-order valence-electron chi connectivity index (χ2n) is 5.46. The Bertz CT molecular complexity index is 833. The standard InChI is InChI=1S/C18H15N3/c1-2-5-14(6-3-1)9-10-15-12-19-18-11-17(16-7-4-8-16)20-21(18)13-15/h1-3,5-6,11-13,16H,4,7-8H2. The van der Waals surface area contributed by atoms with Crippen LogP contribution in [-0.4, -0.2) is 14.6 Å². The molecule has 0 saturated heterocycles. The van der Waals surface area contributed by atoms with Crippen molar-refractivity contribution in [2.75, 3.05) is 0 Å². The van der Waals surface area contributed by atoms with Crippen molar-refractivity contribution in [2.45, 2.75) is 25.2 Å². The van der Waals surface area contributed by atoms with Gasteiger partial charge in [0.15, 0.2) is 5.65 Å². The van der Waals surface area contributed by atoms with E-state index >= 15 is 0 Å². The predicted octanol–water partition coefficient (Wildman–Crippen LogP) is 3.40. The summed E-state index contributed by atoms with van der Waals surface area (Å²) < 4.78 is 1.85. The molecule has 0 atom stereocenters. The highest BCUT2D eigenvalue weighted by Gasteiger charge is 2.22. The molecule has 1 fully saturated rings. The first-order valence-electron chi connectivity index (χ1n) is 7.31. The van der Waals surface area contributed by atoms with Gasteiger partial charge in [-0.2, -0.15) is 5.10 Å². The van der Waals surface area contributed by atoms with E-state index in [9.17, 15) is 0 Å². The number of rotatable bonds is 1. The maximum atomic E-state index is 4.64. The van der Waals surface area contributed by atoms with Crippen LogP contribution in [0.15, 0.2) is 48.8 Å². The number of hydrogen-bond donors (Lipinski definition) is 0. The van der Waals surface area contributed by atoms with E-state index in [2.05, 4.69) is 28.0 Å². The van der Waals surface area contributed by atoms with Gasteiger partial charge in [0.1, 0.15) is 0 Å². The van der Waals surface area contributed by atoms with E-state index in [0.717, 1.165) is 16.8 Å². The van der Waals surface area contributed by atoms with E-state index in [1.165, 1.54) is 25.0 Å². The molecule has 0 unspecified atom stereocenters. The maximum absolute atomic E-state index is 4.64. The van der Waals surface area contributed by atoms with Crippen LogP contribution in [0.5, 0.6) is 0 Å². The minimum absolute atomic E-state index is 0.630. The molecule has 2 aromatic heterocycles. The van der Waals surface area contributed by atoms with Crippen molar-refractivity contribution in [3.63, 3.8) is 0 Å². The van der Waals surface area contributed by atoms with Crippen molar-refractivity contribution >= 4 is 5.65 Å². The number of nitrogens with zero attached hydrogens (tertiary/aromatic N) is 3. The Hall–Kier alpha value is -2.60. The summed E-state index contributed by atoms with van der Waals surface area (Å²) in [6.07, 6.45) is 7.60. The summed E-state index contributed by atoms with van der Waals surface area (Å²) in [6, 6.07) is 12.1. The Morgan fingerprint density at radius 2 is 1.86 bits per heavy atom. The van der Waals surface area contributed by atoms with E-state index in [1.807, 2.05) is 47.2 Å². The van der Waals surface area contributed by atoms with Crippen molar-refractivity contribution in [3.8, 4) is 11.8 Å². The molecule has 0 bridgehead atoms. The molecule has 3 aromatic rings. The molecule has 0 amide bonds. The van der Waals surface area contributed by atoms with Gasteiger partial charge in [0.25, 0.3) is 0 Å². The zero-order valence-corrected chi connectivity index (χ0v) is 11.7. The number of aromatic nitrogens is 3. The maximum Gasteiger partial charge on any atom is 0.155 e. The van der Waals surface area contributed by atoms with Crippen molar-refractivity contribution in [1.29, 1.82) is 0 Å². The van der Waals surface area contributed by atoms with Crippen LogP contribution in [0.25, 0.3) is 5.65 Å². The Balaban J connectivity index is 1.66. The van der Waals surface area contributed by atoms with Gasteiger partial charge in [-0.1, -0.05) is 36.5 Å². The molecule has 21 heavy (non-hydrogen) atoms. The highest BCUT2D eigenvalue weighted by atomic mass is 15.2. The molecular weight excluding hydrogens is 258 g/mol. The molecule has 3 nitrogen and oxygen atoms in total. The Morgan fingerprint density at radius 1 is 1.05 bits per heavy atom. The van der Waals surface area contributed by atoms with Crippen LogP contribution in [0.2, 0.25) is 0 Å². The van der Waals surface area contributed by atoms with Gasteiger partial charge >= 0.3 is 0 Å². The topological polar surface area (TPSA) is 30.2 Å². The van der Waals surface area contributed by atoms with Crippen LogP contribution < -0.4 is 0 Å². The normalized spacial score (nSPS) is 14.5. The lowest BCUT2D eigenvalue weighted by atomic mass is 9.83. The van der Waals surface area contributed by atoms with E-state index in [1.54, 1.807) is 0 Å². The SMILES string of the molecule is C(#Cc1cnc2cc(C3CCC3)nn2c1)c1ccccc1. The Kier molecular flexibility index (Phi) is 2.93. The fourth-order valence-electron chi connectivity index (χ4n) is 2.53. The van der Waals surface area contributed by atoms with Gasteiger partial charge in [0.05, 0.1) is 11.3 Å². The molecule has 1 aliphatic carbocycles. The zero-order chi connectivity index (χ0) is 14.1. The largest absolute Gasteiger partial charge is 0.236 e. The van der Waals surface area contributed by atoms with Gasteiger partial charge in [-0.05, 0) is 25.0 Å². The third kappa shape index (κ3) is 2.41. The fourth-order valence-corrected chi connectivity index (χ4v) is 2.53. The van der Waals surface area contributed by atoms with Crippen LogP contribution in [0.3, 0.4) is 0 Å². The fraction of sp³-hybridized carbons (Fsp3) is 0.222. The minimum Gasteiger partial charge on any atom is -0.236 e. The predicted molar refractivity (Wildman–Crippen MR) is 82.0 cm³/mol. The lowest BCUT2D eigenvalue weighted by Crippen LogP contribution is -2.09. The molecule has 4 rings (SSSR count). The summed E-state index contributed by atoms with van der Waals surface area (Å²) in [4.78, 5) is 4.45. The van der Waals surface area contributed by atoms with E-state index in [0.29, 0.717) is 5.92 Å². The Morgan fingerprint density at radius 3 is 2.62 bits per heavy atom. The third-order valence-electron chi connectivity index (χ3n) is 3.98. The molecular formula is C18H15N3. The number of benzene rings is 1. The highest BCUT2D eigenvalue weighted by molar-refractivity contribution is 5.45. The van der Waals surface area contributed by atoms with E-state index < -0.39 is 0 Å². The van der Waals surface area contributed by atoms with E-state index in [4.69, 9.17) is 0 Å². The average Bonchev–Trinajstić information content (AvgIpc) is 2.86. The first-order valence-corrected chi connectivity index (χ1v) is 7.31. The first-order chi connectivity index (χ1) is 10.4. The molecule has 2 heterocycles. The van der Waals surface area contributed by atoms with Crippen LogP contribution in [-0.2, 0) is 0 Å². The van der Waals surface area contributed by atoms with Crippen molar-refractivity contribution in [3.05, 3.63) is 65.6 Å². The molecule has 0 radical (unpaired) electrons. The smallest absolute Gasteiger partial charge is 0.155 e. The summed E-state index contributed by atoms with van der Waals surface area (Å²) >= 11 is 0. The third-order valence-corrected chi connectivity index (χ3v) is 3.98. The van der Waals surface area contributed by atoms with Crippen LogP contribution in [0.1, 0.15) is 42.0 Å². The Labute approximate surface area is 123 Å². The lowest BCUT2D eigenvalue weighted by molar-refractivity contribution is 0.409. The zero-order valence-electron chi connectivity index (χ0n) is 11.7. The van der Waals surface area contributed by atoms with Crippen LogP contribution in [0.4, 0.5) is 0 Å². The summed E-state index contributed by atoms with van der Waals surface area (Å²) in [7, 11) is 0. The quantitative estimate of drug-likeness (QED) is 0.636. The van der Waals surface area contributed by atoms with Gasteiger partial charge in [0.2, 0.25) is 0 Å². The molecule has 1 aliphatic rings. The summed E-state index contributed by atoms with van der Waals surface area (Å²) in [5.74, 6) is 6.92. The van der Waals surface area contributed by atoms with Crippen LogP contribution >= 0.6 is 0 Å². The summed E-state index contributed by atoms with van der Waals surface area (Å²) in [5.41, 5.74) is 3.96. The van der Waals surface area contributed by atoms with Crippen LogP contribution in [0, 0.1) is 11.8 Å².